The Morgan fingerprint density at radius 1 is 1.67 bits per heavy atom. The molecule has 2 heterocycles. The summed E-state index contributed by atoms with van der Waals surface area (Å²) >= 11 is 1.44. The highest BCUT2D eigenvalue weighted by Gasteiger charge is 2.31. The summed E-state index contributed by atoms with van der Waals surface area (Å²) in [6.07, 6.45) is 0.0859. The second-order valence-electron chi connectivity index (χ2n) is 3.89. The Kier molecular flexibility index (Phi) is 2.83. The number of sulfone groups is 1. The fraction of sp³-hybridized carbons (Fsp3) is 0.667. The molecule has 1 fully saturated rings. The molecule has 1 aromatic heterocycles. The molecule has 0 amide bonds. The number of aliphatic hydroxyl groups excluding tert-OH is 1. The first-order valence-electron chi connectivity index (χ1n) is 4.82. The lowest BCUT2D eigenvalue weighted by atomic mass is 10.1. The van der Waals surface area contributed by atoms with E-state index < -0.39 is 15.9 Å². The third kappa shape index (κ3) is 2.38. The number of hydrogen-bond acceptors (Lipinski definition) is 5. The molecule has 1 aliphatic heterocycles. The maximum atomic E-state index is 11.3. The van der Waals surface area contributed by atoms with Crippen molar-refractivity contribution >= 4 is 21.2 Å². The minimum atomic E-state index is -2.85. The van der Waals surface area contributed by atoms with Gasteiger partial charge in [0.15, 0.2) is 9.84 Å². The molecule has 0 radical (unpaired) electrons. The van der Waals surface area contributed by atoms with E-state index in [-0.39, 0.29) is 17.4 Å². The Hall–Kier alpha value is -0.460. The standard InChI is InChI=1S/C9H13NO3S2/c1-6(11)8-4-14-9(10-8)7-2-3-15(12,13)5-7/h4,6-7,11H,2-3,5H2,1H3. The van der Waals surface area contributed by atoms with Crippen molar-refractivity contribution in [2.24, 2.45) is 0 Å². The first kappa shape index (κ1) is 11.0. The maximum absolute atomic E-state index is 11.3. The second-order valence-corrected chi connectivity index (χ2v) is 7.00. The zero-order valence-corrected chi connectivity index (χ0v) is 10.0. The van der Waals surface area contributed by atoms with E-state index in [1.807, 2.05) is 0 Å². The van der Waals surface area contributed by atoms with Gasteiger partial charge in [0, 0.05) is 11.3 Å². The lowest BCUT2D eigenvalue weighted by molar-refractivity contribution is 0.195. The summed E-state index contributed by atoms with van der Waals surface area (Å²) in [4.78, 5) is 4.26. The fourth-order valence-electron chi connectivity index (χ4n) is 1.67. The van der Waals surface area contributed by atoms with Crippen molar-refractivity contribution in [2.75, 3.05) is 11.5 Å². The van der Waals surface area contributed by atoms with Crippen molar-refractivity contribution in [1.82, 2.24) is 4.98 Å². The quantitative estimate of drug-likeness (QED) is 0.849. The Balaban J connectivity index is 2.17. The molecule has 0 saturated carbocycles. The average molecular weight is 247 g/mol. The highest BCUT2D eigenvalue weighted by molar-refractivity contribution is 7.91. The molecule has 2 rings (SSSR count). The van der Waals surface area contributed by atoms with Crippen LogP contribution in [-0.2, 0) is 9.84 Å². The monoisotopic (exact) mass is 247 g/mol. The highest BCUT2D eigenvalue weighted by Crippen LogP contribution is 2.31. The molecule has 2 unspecified atom stereocenters. The van der Waals surface area contributed by atoms with E-state index in [4.69, 9.17) is 0 Å². The first-order chi connectivity index (χ1) is 6.98. The lowest BCUT2D eigenvalue weighted by Crippen LogP contribution is -2.03. The van der Waals surface area contributed by atoms with Crippen LogP contribution in [0, 0.1) is 0 Å². The fourth-order valence-corrected chi connectivity index (χ4v) is 4.57. The molecule has 0 aliphatic carbocycles. The van der Waals surface area contributed by atoms with Crippen molar-refractivity contribution in [3.8, 4) is 0 Å². The Bertz CT molecular complexity index is 450. The first-order valence-corrected chi connectivity index (χ1v) is 7.52. The van der Waals surface area contributed by atoms with Crippen LogP contribution < -0.4 is 0 Å². The van der Waals surface area contributed by atoms with Crippen LogP contribution in [-0.4, -0.2) is 30.0 Å². The Labute approximate surface area is 92.9 Å². The van der Waals surface area contributed by atoms with Gasteiger partial charge in [0.05, 0.1) is 28.3 Å². The van der Waals surface area contributed by atoms with Crippen LogP contribution in [0.3, 0.4) is 0 Å². The molecule has 1 saturated heterocycles. The van der Waals surface area contributed by atoms with Crippen LogP contribution in [0.25, 0.3) is 0 Å². The molecule has 1 N–H and O–H groups in total. The van der Waals surface area contributed by atoms with E-state index in [0.29, 0.717) is 12.1 Å². The molecular weight excluding hydrogens is 234 g/mol. The van der Waals surface area contributed by atoms with Gasteiger partial charge in [-0.15, -0.1) is 11.3 Å². The van der Waals surface area contributed by atoms with Gasteiger partial charge in [0.2, 0.25) is 0 Å². The molecule has 6 heteroatoms. The summed E-state index contributed by atoms with van der Waals surface area (Å²) in [6, 6.07) is 0. The Morgan fingerprint density at radius 3 is 2.87 bits per heavy atom. The number of rotatable bonds is 2. The average Bonchev–Trinajstić information content (AvgIpc) is 2.70. The third-order valence-electron chi connectivity index (χ3n) is 2.55. The predicted octanol–water partition coefficient (Wildman–Crippen LogP) is 1.10. The predicted molar refractivity (Wildman–Crippen MR) is 58.8 cm³/mol. The smallest absolute Gasteiger partial charge is 0.151 e. The van der Waals surface area contributed by atoms with Gasteiger partial charge >= 0.3 is 0 Å². The minimum Gasteiger partial charge on any atom is -0.387 e. The van der Waals surface area contributed by atoms with E-state index in [1.54, 1.807) is 12.3 Å². The largest absolute Gasteiger partial charge is 0.387 e. The van der Waals surface area contributed by atoms with Gasteiger partial charge in [-0.2, -0.15) is 0 Å². The van der Waals surface area contributed by atoms with Gasteiger partial charge in [0.25, 0.3) is 0 Å². The van der Waals surface area contributed by atoms with Gasteiger partial charge in [-0.25, -0.2) is 13.4 Å². The summed E-state index contributed by atoms with van der Waals surface area (Å²) < 4.78 is 22.6. The zero-order valence-electron chi connectivity index (χ0n) is 8.38. The summed E-state index contributed by atoms with van der Waals surface area (Å²) in [7, 11) is -2.85. The molecule has 15 heavy (non-hydrogen) atoms. The molecule has 4 nitrogen and oxygen atoms in total. The van der Waals surface area contributed by atoms with Crippen molar-refractivity contribution in [2.45, 2.75) is 25.4 Å². The molecule has 1 aromatic rings. The number of aromatic nitrogens is 1. The second kappa shape index (κ2) is 3.84. The van der Waals surface area contributed by atoms with Crippen LogP contribution in [0.4, 0.5) is 0 Å². The highest BCUT2D eigenvalue weighted by atomic mass is 32.2. The number of hydrogen-bond donors (Lipinski definition) is 1. The van der Waals surface area contributed by atoms with Crippen molar-refractivity contribution in [3.05, 3.63) is 16.1 Å². The van der Waals surface area contributed by atoms with Crippen LogP contribution in [0.2, 0.25) is 0 Å². The van der Waals surface area contributed by atoms with Crippen LogP contribution >= 0.6 is 11.3 Å². The number of nitrogens with zero attached hydrogens (tertiary/aromatic N) is 1. The molecule has 0 bridgehead atoms. The third-order valence-corrected chi connectivity index (χ3v) is 5.34. The summed E-state index contributed by atoms with van der Waals surface area (Å²) in [5.74, 6) is 0.508. The minimum absolute atomic E-state index is 0.0347. The van der Waals surface area contributed by atoms with Crippen molar-refractivity contribution in [1.29, 1.82) is 0 Å². The molecule has 2 atom stereocenters. The normalized spacial score (nSPS) is 26.7. The number of thiazole rings is 1. The van der Waals surface area contributed by atoms with Crippen LogP contribution in [0.1, 0.15) is 36.1 Å². The van der Waals surface area contributed by atoms with E-state index in [1.165, 1.54) is 11.3 Å². The topological polar surface area (TPSA) is 67.3 Å². The van der Waals surface area contributed by atoms with E-state index in [0.717, 1.165) is 5.01 Å². The van der Waals surface area contributed by atoms with Crippen molar-refractivity contribution in [3.63, 3.8) is 0 Å². The SMILES string of the molecule is CC(O)c1csc(C2CCS(=O)(=O)C2)n1. The Morgan fingerprint density at radius 2 is 2.40 bits per heavy atom. The van der Waals surface area contributed by atoms with Crippen LogP contribution in [0.5, 0.6) is 0 Å². The zero-order chi connectivity index (χ0) is 11.1. The van der Waals surface area contributed by atoms with Gasteiger partial charge < -0.3 is 5.11 Å². The van der Waals surface area contributed by atoms with E-state index >= 15 is 0 Å². The van der Waals surface area contributed by atoms with Gasteiger partial charge in [-0.3, -0.25) is 0 Å². The lowest BCUT2D eigenvalue weighted by Gasteiger charge is -2.02. The summed E-state index contributed by atoms with van der Waals surface area (Å²) in [5, 5.41) is 11.9. The molecule has 0 aromatic carbocycles. The van der Waals surface area contributed by atoms with Gasteiger partial charge in [-0.05, 0) is 13.3 Å². The molecule has 1 aliphatic rings. The van der Waals surface area contributed by atoms with Crippen LogP contribution in [0.15, 0.2) is 5.38 Å². The van der Waals surface area contributed by atoms with E-state index in [9.17, 15) is 13.5 Å². The summed E-state index contributed by atoms with van der Waals surface area (Å²) in [6.45, 7) is 1.66. The maximum Gasteiger partial charge on any atom is 0.151 e. The van der Waals surface area contributed by atoms with E-state index in [2.05, 4.69) is 4.98 Å². The summed E-state index contributed by atoms with van der Waals surface area (Å²) in [5.41, 5.74) is 0.638. The molecule has 84 valence electrons. The van der Waals surface area contributed by atoms with Gasteiger partial charge in [0.1, 0.15) is 0 Å². The van der Waals surface area contributed by atoms with Crippen molar-refractivity contribution < 1.29 is 13.5 Å². The molecule has 0 spiro atoms. The number of aliphatic hydroxyl groups is 1. The molecular formula is C9H13NO3S2. The van der Waals surface area contributed by atoms with Gasteiger partial charge in [-0.1, -0.05) is 0 Å².